The van der Waals surface area contributed by atoms with Gasteiger partial charge in [0.1, 0.15) is 0 Å². The Morgan fingerprint density at radius 1 is 1.41 bits per heavy atom. The molecule has 93 valence electrons. The van der Waals surface area contributed by atoms with Gasteiger partial charge in [-0.05, 0) is 35.8 Å². The molecule has 0 saturated carbocycles. The van der Waals surface area contributed by atoms with Crippen LogP contribution in [0.2, 0.25) is 0 Å². The van der Waals surface area contributed by atoms with Gasteiger partial charge in [0.05, 0.1) is 6.42 Å². The number of aliphatic carboxylic acids is 1. The lowest BCUT2D eigenvalue weighted by molar-refractivity contribution is -0.140. The lowest BCUT2D eigenvalue weighted by atomic mass is 9.75. The summed E-state index contributed by atoms with van der Waals surface area (Å²) in [6.45, 7) is 6.20. The van der Waals surface area contributed by atoms with Crippen LogP contribution in [0.4, 0.5) is 0 Å². The average molecular weight is 233 g/mol. The molecular weight excluding hydrogens is 212 g/mol. The Morgan fingerprint density at radius 2 is 2.00 bits per heavy atom. The molecule has 2 nitrogen and oxygen atoms in total. The minimum Gasteiger partial charge on any atom is -0.481 e. The van der Waals surface area contributed by atoms with Gasteiger partial charge in [0.2, 0.25) is 0 Å². The normalized spacial score (nSPS) is 13.4. The second-order valence-corrected chi connectivity index (χ2v) is 5.41. The number of hydrogen-bond acceptors (Lipinski definition) is 1. The van der Waals surface area contributed by atoms with E-state index in [1.165, 1.54) is 5.56 Å². The van der Waals surface area contributed by atoms with E-state index in [-0.39, 0.29) is 11.8 Å². The molecular formula is C15H21O2. The predicted octanol–water partition coefficient (Wildman–Crippen LogP) is 3.56. The molecule has 1 radical (unpaired) electrons. The van der Waals surface area contributed by atoms with Gasteiger partial charge in [-0.15, -0.1) is 0 Å². The molecule has 0 saturated heterocycles. The Labute approximate surface area is 104 Å². The fourth-order valence-corrected chi connectivity index (χ4v) is 1.93. The summed E-state index contributed by atoms with van der Waals surface area (Å²) in [4.78, 5) is 10.8. The monoisotopic (exact) mass is 233 g/mol. The largest absolute Gasteiger partial charge is 0.481 e. The first-order valence-electron chi connectivity index (χ1n) is 6.08. The molecule has 1 aromatic rings. The summed E-state index contributed by atoms with van der Waals surface area (Å²) < 4.78 is 0. The average Bonchev–Trinajstić information content (AvgIpc) is 2.25. The number of benzene rings is 1. The first-order valence-corrected chi connectivity index (χ1v) is 6.08. The van der Waals surface area contributed by atoms with Gasteiger partial charge < -0.3 is 5.11 Å². The molecule has 0 aliphatic rings. The summed E-state index contributed by atoms with van der Waals surface area (Å²) in [5, 5.41) is 8.88. The summed E-state index contributed by atoms with van der Waals surface area (Å²) in [5.41, 5.74) is 1.15. The van der Waals surface area contributed by atoms with Crippen molar-refractivity contribution >= 4 is 5.97 Å². The van der Waals surface area contributed by atoms with E-state index in [9.17, 15) is 4.79 Å². The predicted molar refractivity (Wildman–Crippen MR) is 68.8 cm³/mol. The van der Waals surface area contributed by atoms with Gasteiger partial charge in [0, 0.05) is 0 Å². The third-order valence-electron chi connectivity index (χ3n) is 3.59. The molecule has 0 aliphatic heterocycles. The van der Waals surface area contributed by atoms with E-state index in [2.05, 4.69) is 25.1 Å². The summed E-state index contributed by atoms with van der Waals surface area (Å²) >= 11 is 0. The molecule has 1 rings (SSSR count). The van der Waals surface area contributed by atoms with Crippen LogP contribution in [0.3, 0.4) is 0 Å². The van der Waals surface area contributed by atoms with E-state index in [4.69, 9.17) is 5.11 Å². The number of aryl methyl sites for hydroxylation is 1. The maximum absolute atomic E-state index is 10.8. The van der Waals surface area contributed by atoms with Crippen molar-refractivity contribution in [3.63, 3.8) is 0 Å². The highest BCUT2D eigenvalue weighted by atomic mass is 16.4. The number of carboxylic acids is 1. The Morgan fingerprint density at radius 3 is 2.53 bits per heavy atom. The highest BCUT2D eigenvalue weighted by molar-refractivity contribution is 5.67. The number of hydrogen-bond donors (Lipinski definition) is 1. The van der Waals surface area contributed by atoms with E-state index < -0.39 is 5.97 Å². The van der Waals surface area contributed by atoms with E-state index in [0.29, 0.717) is 5.92 Å². The minimum atomic E-state index is -0.712. The van der Waals surface area contributed by atoms with E-state index in [1.54, 1.807) is 0 Å². The van der Waals surface area contributed by atoms with Crippen molar-refractivity contribution in [2.45, 2.75) is 40.0 Å². The first-order chi connectivity index (χ1) is 7.92. The maximum Gasteiger partial charge on any atom is 0.303 e. The first kappa shape index (κ1) is 13.8. The van der Waals surface area contributed by atoms with Crippen LogP contribution < -0.4 is 0 Å². The maximum atomic E-state index is 10.8. The fraction of sp³-hybridized carbons (Fsp3) is 0.533. The molecule has 1 atom stereocenters. The topological polar surface area (TPSA) is 37.3 Å². The molecule has 1 aromatic carbocycles. The minimum absolute atomic E-state index is 0.146. The smallest absolute Gasteiger partial charge is 0.303 e. The Balaban J connectivity index is 2.49. The van der Waals surface area contributed by atoms with E-state index in [1.807, 2.05) is 26.0 Å². The van der Waals surface area contributed by atoms with Gasteiger partial charge in [-0.3, -0.25) is 4.79 Å². The molecule has 1 N–H and O–H groups in total. The second kappa shape index (κ2) is 5.85. The van der Waals surface area contributed by atoms with Crippen LogP contribution in [-0.2, 0) is 11.2 Å². The lowest BCUT2D eigenvalue weighted by Gasteiger charge is -2.30. The molecule has 0 heterocycles. The Bertz CT molecular complexity index is 354. The van der Waals surface area contributed by atoms with Crippen LogP contribution in [0.25, 0.3) is 0 Å². The van der Waals surface area contributed by atoms with Crippen LogP contribution in [0, 0.1) is 17.4 Å². The molecule has 0 spiro atoms. The van der Waals surface area contributed by atoms with Gasteiger partial charge in [0.25, 0.3) is 0 Å². The Hall–Kier alpha value is -1.31. The summed E-state index contributed by atoms with van der Waals surface area (Å²) in [5.74, 6) is -0.320. The number of rotatable bonds is 6. The lowest BCUT2D eigenvalue weighted by Crippen LogP contribution is -2.25. The van der Waals surface area contributed by atoms with Gasteiger partial charge in [0.15, 0.2) is 0 Å². The molecule has 1 unspecified atom stereocenters. The van der Waals surface area contributed by atoms with Gasteiger partial charge in [-0.2, -0.15) is 0 Å². The molecule has 0 fully saturated rings. The quantitative estimate of drug-likeness (QED) is 0.815. The third kappa shape index (κ3) is 4.59. The number of carbonyl (C=O) groups is 1. The van der Waals surface area contributed by atoms with Crippen LogP contribution in [0.15, 0.2) is 24.3 Å². The fourth-order valence-electron chi connectivity index (χ4n) is 1.93. The zero-order valence-electron chi connectivity index (χ0n) is 10.9. The third-order valence-corrected chi connectivity index (χ3v) is 3.59. The van der Waals surface area contributed by atoms with Gasteiger partial charge in [-0.1, -0.05) is 45.0 Å². The Kier molecular flexibility index (Phi) is 4.73. The van der Waals surface area contributed by atoms with Gasteiger partial charge in [-0.25, -0.2) is 0 Å². The van der Waals surface area contributed by atoms with Crippen molar-refractivity contribution in [3.05, 3.63) is 35.9 Å². The summed E-state index contributed by atoms with van der Waals surface area (Å²) in [7, 11) is 0. The van der Waals surface area contributed by atoms with Crippen LogP contribution >= 0.6 is 0 Å². The molecule has 0 amide bonds. The zero-order valence-corrected chi connectivity index (χ0v) is 10.9. The standard InChI is InChI=1S/C15H21O2/c1-12(15(2,3)11-14(16)17)9-10-13-7-5-4-6-8-13/h5-8,12H,9-11H2,1-3H3,(H,16,17). The van der Waals surface area contributed by atoms with Crippen molar-refractivity contribution in [3.8, 4) is 0 Å². The van der Waals surface area contributed by atoms with E-state index in [0.717, 1.165) is 12.8 Å². The zero-order chi connectivity index (χ0) is 12.9. The highest BCUT2D eigenvalue weighted by Gasteiger charge is 2.28. The van der Waals surface area contributed by atoms with Crippen molar-refractivity contribution in [1.29, 1.82) is 0 Å². The molecule has 17 heavy (non-hydrogen) atoms. The summed E-state index contributed by atoms with van der Waals surface area (Å²) in [6, 6.07) is 11.0. The van der Waals surface area contributed by atoms with Crippen molar-refractivity contribution in [1.82, 2.24) is 0 Å². The number of carboxylic acid groups (broad SMARTS) is 1. The molecule has 2 heteroatoms. The molecule has 0 aromatic heterocycles. The summed E-state index contributed by atoms with van der Waals surface area (Å²) in [6.07, 6.45) is 2.25. The van der Waals surface area contributed by atoms with Crippen molar-refractivity contribution < 1.29 is 9.90 Å². The second-order valence-electron chi connectivity index (χ2n) is 5.41. The highest BCUT2D eigenvalue weighted by Crippen LogP contribution is 2.33. The van der Waals surface area contributed by atoms with Gasteiger partial charge >= 0.3 is 5.97 Å². The molecule has 0 bridgehead atoms. The van der Waals surface area contributed by atoms with Crippen LogP contribution in [0.5, 0.6) is 0 Å². The van der Waals surface area contributed by atoms with Crippen LogP contribution in [0.1, 0.15) is 39.2 Å². The van der Waals surface area contributed by atoms with E-state index >= 15 is 0 Å². The van der Waals surface area contributed by atoms with Crippen molar-refractivity contribution in [2.75, 3.05) is 0 Å². The SMILES string of the molecule is CC(CCc1cc[c]cc1)C(C)(C)CC(=O)O. The molecule has 0 aliphatic carbocycles. The van der Waals surface area contributed by atoms with Crippen molar-refractivity contribution in [2.24, 2.45) is 11.3 Å². The van der Waals surface area contributed by atoms with Crippen LogP contribution in [-0.4, -0.2) is 11.1 Å².